The summed E-state index contributed by atoms with van der Waals surface area (Å²) in [6.45, 7) is 0. The minimum atomic E-state index is 0.446. The summed E-state index contributed by atoms with van der Waals surface area (Å²) < 4.78 is 2.53. The topological polar surface area (TPSA) is 47.3 Å². The molecule has 0 aliphatic heterocycles. The monoisotopic (exact) mass is 301 g/mol. The zero-order chi connectivity index (χ0) is 12.5. The predicted molar refractivity (Wildman–Crippen MR) is 71.5 cm³/mol. The molecular weight excluding hydrogens is 294 g/mol. The Morgan fingerprint density at radius 3 is 2.89 bits per heavy atom. The second kappa shape index (κ2) is 4.34. The standard InChI is InChI=1S/C13H8BrN3O/c14-10-3-1-2-9(6-10)12-4-5-13-15-7-11(8-18)17(13)16-12/h1-8H. The van der Waals surface area contributed by atoms with Crippen molar-refractivity contribution in [3.05, 3.63) is 52.8 Å². The Morgan fingerprint density at radius 2 is 2.11 bits per heavy atom. The number of hydrogen-bond acceptors (Lipinski definition) is 3. The lowest BCUT2D eigenvalue weighted by molar-refractivity contribution is 0.111. The normalized spacial score (nSPS) is 10.7. The summed E-state index contributed by atoms with van der Waals surface area (Å²) in [7, 11) is 0. The Morgan fingerprint density at radius 1 is 1.22 bits per heavy atom. The molecule has 0 atom stereocenters. The largest absolute Gasteiger partial charge is 0.296 e. The molecule has 4 nitrogen and oxygen atoms in total. The Hall–Kier alpha value is -2.01. The molecule has 0 saturated carbocycles. The molecule has 0 radical (unpaired) electrons. The Bertz CT molecular complexity index is 736. The van der Waals surface area contributed by atoms with E-state index in [1.165, 1.54) is 6.20 Å². The number of nitrogens with zero attached hydrogens (tertiary/aromatic N) is 3. The molecule has 0 aliphatic carbocycles. The first kappa shape index (κ1) is 11.1. The molecule has 0 saturated heterocycles. The number of fused-ring (bicyclic) bond motifs is 1. The van der Waals surface area contributed by atoms with Gasteiger partial charge in [-0.2, -0.15) is 5.10 Å². The first-order valence-corrected chi connectivity index (χ1v) is 6.13. The van der Waals surface area contributed by atoms with Gasteiger partial charge in [-0.15, -0.1) is 0 Å². The van der Waals surface area contributed by atoms with E-state index in [0.717, 1.165) is 22.0 Å². The molecule has 0 N–H and O–H groups in total. The zero-order valence-electron chi connectivity index (χ0n) is 9.25. The van der Waals surface area contributed by atoms with Crippen LogP contribution in [0.4, 0.5) is 0 Å². The summed E-state index contributed by atoms with van der Waals surface area (Å²) in [4.78, 5) is 15.0. The molecule has 0 aliphatic rings. The highest BCUT2D eigenvalue weighted by atomic mass is 79.9. The van der Waals surface area contributed by atoms with Gasteiger partial charge in [-0.1, -0.05) is 28.1 Å². The lowest BCUT2D eigenvalue weighted by Gasteiger charge is -2.02. The van der Waals surface area contributed by atoms with Gasteiger partial charge >= 0.3 is 0 Å². The van der Waals surface area contributed by atoms with Crippen molar-refractivity contribution < 1.29 is 4.79 Å². The fourth-order valence-corrected chi connectivity index (χ4v) is 2.17. The third-order valence-electron chi connectivity index (χ3n) is 2.63. The van der Waals surface area contributed by atoms with Crippen molar-refractivity contribution >= 4 is 27.9 Å². The number of hydrogen-bond donors (Lipinski definition) is 0. The lowest BCUT2D eigenvalue weighted by Crippen LogP contribution is -1.98. The molecule has 2 aromatic heterocycles. The number of carbonyl (C=O) groups excluding carboxylic acids is 1. The van der Waals surface area contributed by atoms with Gasteiger partial charge in [-0.3, -0.25) is 4.79 Å². The van der Waals surface area contributed by atoms with Gasteiger partial charge in [0, 0.05) is 10.0 Å². The predicted octanol–water partition coefficient (Wildman–Crippen LogP) is 2.97. The Kier molecular flexibility index (Phi) is 2.68. The van der Waals surface area contributed by atoms with E-state index in [1.807, 2.05) is 36.4 Å². The average Bonchev–Trinajstić information content (AvgIpc) is 2.80. The van der Waals surface area contributed by atoms with Crippen molar-refractivity contribution in [2.24, 2.45) is 0 Å². The minimum absolute atomic E-state index is 0.446. The highest BCUT2D eigenvalue weighted by Gasteiger charge is 2.06. The number of aldehydes is 1. The van der Waals surface area contributed by atoms with Crippen molar-refractivity contribution in [3.8, 4) is 11.3 Å². The van der Waals surface area contributed by atoms with E-state index >= 15 is 0 Å². The molecule has 1 aromatic carbocycles. The fraction of sp³-hybridized carbons (Fsp3) is 0. The van der Waals surface area contributed by atoms with E-state index in [0.29, 0.717) is 11.3 Å². The highest BCUT2D eigenvalue weighted by Crippen LogP contribution is 2.21. The van der Waals surface area contributed by atoms with Crippen LogP contribution in [0.1, 0.15) is 10.5 Å². The van der Waals surface area contributed by atoms with Crippen LogP contribution in [0, 0.1) is 0 Å². The SMILES string of the molecule is O=Cc1cnc2ccc(-c3cccc(Br)c3)nn12. The van der Waals surface area contributed by atoms with Gasteiger partial charge in [-0.05, 0) is 24.3 Å². The van der Waals surface area contributed by atoms with E-state index in [2.05, 4.69) is 26.0 Å². The van der Waals surface area contributed by atoms with E-state index in [1.54, 1.807) is 4.52 Å². The van der Waals surface area contributed by atoms with Crippen molar-refractivity contribution in [1.82, 2.24) is 14.6 Å². The smallest absolute Gasteiger partial charge is 0.170 e. The number of imidazole rings is 1. The summed E-state index contributed by atoms with van der Waals surface area (Å²) in [5.74, 6) is 0. The van der Waals surface area contributed by atoms with Crippen molar-refractivity contribution in [2.45, 2.75) is 0 Å². The Labute approximate surface area is 111 Å². The molecule has 0 amide bonds. The maximum Gasteiger partial charge on any atom is 0.170 e. The van der Waals surface area contributed by atoms with Gasteiger partial charge in [0.15, 0.2) is 11.9 Å². The van der Waals surface area contributed by atoms with Crippen LogP contribution in [0.3, 0.4) is 0 Å². The van der Waals surface area contributed by atoms with E-state index in [9.17, 15) is 4.79 Å². The number of carbonyl (C=O) groups is 1. The third kappa shape index (κ3) is 1.82. The first-order chi connectivity index (χ1) is 8.78. The molecule has 0 unspecified atom stereocenters. The van der Waals surface area contributed by atoms with Crippen LogP contribution in [0.2, 0.25) is 0 Å². The summed E-state index contributed by atoms with van der Waals surface area (Å²) in [6.07, 6.45) is 2.26. The van der Waals surface area contributed by atoms with Crippen molar-refractivity contribution in [3.63, 3.8) is 0 Å². The molecule has 0 spiro atoms. The third-order valence-corrected chi connectivity index (χ3v) is 3.12. The molecule has 5 heteroatoms. The zero-order valence-corrected chi connectivity index (χ0v) is 10.8. The van der Waals surface area contributed by atoms with Gasteiger partial charge in [0.2, 0.25) is 0 Å². The molecule has 18 heavy (non-hydrogen) atoms. The van der Waals surface area contributed by atoms with Crippen LogP contribution in [0.25, 0.3) is 16.9 Å². The van der Waals surface area contributed by atoms with Crippen LogP contribution in [0.5, 0.6) is 0 Å². The maximum absolute atomic E-state index is 10.9. The van der Waals surface area contributed by atoms with E-state index in [4.69, 9.17) is 0 Å². The number of aromatic nitrogens is 3. The first-order valence-electron chi connectivity index (χ1n) is 5.34. The van der Waals surface area contributed by atoms with Crippen LogP contribution in [-0.2, 0) is 0 Å². The maximum atomic E-state index is 10.9. The lowest BCUT2D eigenvalue weighted by atomic mass is 10.1. The van der Waals surface area contributed by atoms with Gasteiger partial charge in [-0.25, -0.2) is 9.50 Å². The average molecular weight is 302 g/mol. The summed E-state index contributed by atoms with van der Waals surface area (Å²) in [6, 6.07) is 11.6. The van der Waals surface area contributed by atoms with Crippen molar-refractivity contribution in [1.29, 1.82) is 0 Å². The molecule has 88 valence electrons. The Balaban J connectivity index is 2.21. The summed E-state index contributed by atoms with van der Waals surface area (Å²) >= 11 is 3.43. The van der Waals surface area contributed by atoms with Crippen LogP contribution in [0.15, 0.2) is 47.1 Å². The molecule has 0 bridgehead atoms. The van der Waals surface area contributed by atoms with Crippen molar-refractivity contribution in [2.75, 3.05) is 0 Å². The van der Waals surface area contributed by atoms with E-state index < -0.39 is 0 Å². The van der Waals surface area contributed by atoms with Crippen LogP contribution < -0.4 is 0 Å². The minimum Gasteiger partial charge on any atom is -0.296 e. The quantitative estimate of drug-likeness (QED) is 0.684. The van der Waals surface area contributed by atoms with E-state index in [-0.39, 0.29) is 0 Å². The van der Waals surface area contributed by atoms with Gasteiger partial charge in [0.05, 0.1) is 11.9 Å². The van der Waals surface area contributed by atoms with Crippen LogP contribution in [-0.4, -0.2) is 20.9 Å². The molecule has 0 fully saturated rings. The molecular formula is C13H8BrN3O. The number of halogens is 1. The molecule has 2 heterocycles. The second-order valence-corrected chi connectivity index (χ2v) is 4.72. The van der Waals surface area contributed by atoms with Gasteiger partial charge in [0.25, 0.3) is 0 Å². The highest BCUT2D eigenvalue weighted by molar-refractivity contribution is 9.10. The summed E-state index contributed by atoms with van der Waals surface area (Å²) in [5.41, 5.74) is 2.89. The van der Waals surface area contributed by atoms with Gasteiger partial charge < -0.3 is 0 Å². The second-order valence-electron chi connectivity index (χ2n) is 3.80. The van der Waals surface area contributed by atoms with Crippen LogP contribution >= 0.6 is 15.9 Å². The summed E-state index contributed by atoms with van der Waals surface area (Å²) in [5, 5.41) is 4.42. The number of benzene rings is 1. The fourth-order valence-electron chi connectivity index (χ4n) is 1.77. The van der Waals surface area contributed by atoms with Gasteiger partial charge in [0.1, 0.15) is 5.69 Å². The molecule has 3 rings (SSSR count). The number of rotatable bonds is 2. The molecule has 3 aromatic rings.